The van der Waals surface area contributed by atoms with Gasteiger partial charge in [-0.25, -0.2) is 4.39 Å². The summed E-state index contributed by atoms with van der Waals surface area (Å²) >= 11 is 0. The predicted octanol–water partition coefficient (Wildman–Crippen LogP) is 3.86. The van der Waals surface area contributed by atoms with Gasteiger partial charge in [0, 0.05) is 25.6 Å². The summed E-state index contributed by atoms with van der Waals surface area (Å²) in [6.07, 6.45) is 1.30. The molecule has 1 aliphatic heterocycles. The van der Waals surface area contributed by atoms with E-state index in [1.54, 1.807) is 14.2 Å². The zero-order chi connectivity index (χ0) is 21.0. The van der Waals surface area contributed by atoms with Crippen molar-refractivity contribution in [3.63, 3.8) is 0 Å². The maximum absolute atomic E-state index is 13.3. The van der Waals surface area contributed by atoms with Crippen molar-refractivity contribution in [2.75, 3.05) is 20.8 Å². The molecule has 3 rings (SSSR count). The number of fused-ring (bicyclic) bond motifs is 1. The third kappa shape index (κ3) is 4.70. The Hall–Kier alpha value is -2.60. The Morgan fingerprint density at radius 2 is 1.86 bits per heavy atom. The Bertz CT molecular complexity index is 854. The second-order valence-electron chi connectivity index (χ2n) is 7.41. The number of carbonyl (C=O) groups is 1. The van der Waals surface area contributed by atoms with Gasteiger partial charge in [0.05, 0.1) is 20.3 Å². The number of nitrogens with one attached hydrogen (secondary N) is 1. The summed E-state index contributed by atoms with van der Waals surface area (Å²) in [7, 11) is 3.26. The third-order valence-electron chi connectivity index (χ3n) is 5.51. The lowest BCUT2D eigenvalue weighted by atomic mass is 9.87. The summed E-state index contributed by atoms with van der Waals surface area (Å²) in [5, 5.41) is 3.12. The van der Waals surface area contributed by atoms with Crippen molar-refractivity contribution in [1.29, 1.82) is 0 Å². The topological polar surface area (TPSA) is 50.8 Å². The third-order valence-corrected chi connectivity index (χ3v) is 5.51. The quantitative estimate of drug-likeness (QED) is 0.767. The van der Waals surface area contributed by atoms with Gasteiger partial charge in [0.25, 0.3) is 0 Å². The molecule has 0 spiro atoms. The van der Waals surface area contributed by atoms with Crippen molar-refractivity contribution in [1.82, 2.24) is 10.2 Å². The normalized spacial score (nSPS) is 17.3. The fourth-order valence-corrected chi connectivity index (χ4v) is 4.05. The molecule has 2 unspecified atom stereocenters. The highest BCUT2D eigenvalue weighted by Gasteiger charge is 2.33. The number of carbonyl (C=O) groups excluding carboxylic acids is 1. The van der Waals surface area contributed by atoms with Crippen molar-refractivity contribution in [3.05, 3.63) is 58.9 Å². The van der Waals surface area contributed by atoms with Crippen molar-refractivity contribution >= 4 is 5.91 Å². The Morgan fingerprint density at radius 1 is 1.21 bits per heavy atom. The van der Waals surface area contributed by atoms with Crippen LogP contribution in [0.1, 0.15) is 43.0 Å². The highest BCUT2D eigenvalue weighted by atomic mass is 19.1. The van der Waals surface area contributed by atoms with Gasteiger partial charge in [-0.1, -0.05) is 19.1 Å². The Morgan fingerprint density at radius 3 is 2.48 bits per heavy atom. The number of ether oxygens (including phenoxy) is 2. The second-order valence-corrected chi connectivity index (χ2v) is 7.41. The zero-order valence-corrected chi connectivity index (χ0v) is 17.5. The van der Waals surface area contributed by atoms with Crippen LogP contribution in [0.3, 0.4) is 0 Å². The number of hydrogen-bond donors (Lipinski definition) is 1. The molecule has 1 amide bonds. The van der Waals surface area contributed by atoms with E-state index in [2.05, 4.69) is 10.2 Å². The van der Waals surface area contributed by atoms with Gasteiger partial charge in [-0.15, -0.1) is 0 Å². The smallest absolute Gasteiger partial charge is 0.219 e. The van der Waals surface area contributed by atoms with Gasteiger partial charge in [-0.05, 0) is 54.3 Å². The van der Waals surface area contributed by atoms with Gasteiger partial charge in [0.15, 0.2) is 11.5 Å². The minimum atomic E-state index is -0.241. The van der Waals surface area contributed by atoms with E-state index in [0.717, 1.165) is 24.1 Å². The van der Waals surface area contributed by atoms with Gasteiger partial charge >= 0.3 is 0 Å². The lowest BCUT2D eigenvalue weighted by Gasteiger charge is -2.41. The molecule has 0 radical (unpaired) electrons. The van der Waals surface area contributed by atoms with Gasteiger partial charge in [0.2, 0.25) is 5.91 Å². The summed E-state index contributed by atoms with van der Waals surface area (Å²) in [4.78, 5) is 14.4. The van der Waals surface area contributed by atoms with E-state index in [1.165, 1.54) is 17.7 Å². The van der Waals surface area contributed by atoms with Crippen molar-refractivity contribution in [2.45, 2.75) is 45.3 Å². The van der Waals surface area contributed by atoms with Crippen LogP contribution in [0, 0.1) is 5.82 Å². The van der Waals surface area contributed by atoms with Crippen LogP contribution in [0.2, 0.25) is 0 Å². The summed E-state index contributed by atoms with van der Waals surface area (Å²) in [6.45, 7) is 5.38. The summed E-state index contributed by atoms with van der Waals surface area (Å²) in [5.41, 5.74) is 3.36. The van der Waals surface area contributed by atoms with Crippen LogP contribution in [0.15, 0.2) is 36.4 Å². The molecule has 0 saturated carbocycles. The minimum Gasteiger partial charge on any atom is -0.493 e. The molecule has 156 valence electrons. The molecule has 0 saturated heterocycles. The molecular weight excluding hydrogens is 371 g/mol. The first-order valence-corrected chi connectivity index (χ1v) is 9.99. The van der Waals surface area contributed by atoms with E-state index >= 15 is 0 Å². The van der Waals surface area contributed by atoms with Crippen molar-refractivity contribution in [2.24, 2.45) is 0 Å². The summed E-state index contributed by atoms with van der Waals surface area (Å²) in [5.74, 6) is 1.16. The fourth-order valence-electron chi connectivity index (χ4n) is 4.05. The molecule has 1 heterocycles. The minimum absolute atomic E-state index is 0.0202. The molecule has 2 aromatic rings. The van der Waals surface area contributed by atoms with Gasteiger partial charge in [-0.3, -0.25) is 9.69 Å². The zero-order valence-electron chi connectivity index (χ0n) is 17.5. The maximum atomic E-state index is 13.3. The second kappa shape index (κ2) is 9.27. The molecule has 0 aromatic heterocycles. The van der Waals surface area contributed by atoms with E-state index in [0.29, 0.717) is 24.5 Å². The number of benzene rings is 2. The van der Waals surface area contributed by atoms with Crippen molar-refractivity contribution < 1.29 is 18.7 Å². The molecular formula is C23H29FN2O3. The standard InChI is InChI=1S/C23H29FN2O3/c1-5-22(27)25-15(2)23-19-13-21(29-4)20(28-3)12-17(19)10-11-26(23)14-16-6-8-18(24)9-7-16/h6-9,12-13,15,23H,5,10-11,14H2,1-4H3,(H,25,27). The Balaban J connectivity index is 1.98. The molecule has 1 N–H and O–H groups in total. The molecule has 2 aromatic carbocycles. The van der Waals surface area contributed by atoms with E-state index in [1.807, 2.05) is 38.1 Å². The lowest BCUT2D eigenvalue weighted by molar-refractivity contribution is -0.121. The highest BCUT2D eigenvalue weighted by molar-refractivity contribution is 5.76. The van der Waals surface area contributed by atoms with Crippen LogP contribution in [-0.2, 0) is 17.8 Å². The first-order valence-electron chi connectivity index (χ1n) is 9.99. The monoisotopic (exact) mass is 400 g/mol. The fraction of sp³-hybridized carbons (Fsp3) is 0.435. The first-order chi connectivity index (χ1) is 14.0. The Kier molecular flexibility index (Phi) is 6.75. The van der Waals surface area contributed by atoms with Gasteiger partial charge < -0.3 is 14.8 Å². The van der Waals surface area contributed by atoms with Crippen LogP contribution >= 0.6 is 0 Å². The molecule has 0 aliphatic carbocycles. The average molecular weight is 400 g/mol. The largest absolute Gasteiger partial charge is 0.493 e. The number of rotatable bonds is 7. The number of methoxy groups -OCH3 is 2. The molecule has 6 heteroatoms. The Labute approximate surface area is 171 Å². The molecule has 29 heavy (non-hydrogen) atoms. The molecule has 5 nitrogen and oxygen atoms in total. The van der Waals surface area contributed by atoms with Crippen LogP contribution in [0.5, 0.6) is 11.5 Å². The number of halogens is 1. The number of nitrogens with zero attached hydrogens (tertiary/aromatic N) is 1. The van der Waals surface area contributed by atoms with Gasteiger partial charge in [0.1, 0.15) is 5.82 Å². The molecule has 2 atom stereocenters. The van der Waals surface area contributed by atoms with Crippen LogP contribution in [0.4, 0.5) is 4.39 Å². The molecule has 1 aliphatic rings. The predicted molar refractivity (Wildman–Crippen MR) is 111 cm³/mol. The molecule has 0 fully saturated rings. The number of amides is 1. The average Bonchev–Trinajstić information content (AvgIpc) is 2.73. The van der Waals surface area contributed by atoms with E-state index in [-0.39, 0.29) is 23.8 Å². The lowest BCUT2D eigenvalue weighted by Crippen LogP contribution is -2.47. The van der Waals surface area contributed by atoms with Gasteiger partial charge in [-0.2, -0.15) is 0 Å². The first kappa shape index (κ1) is 21.1. The summed E-state index contributed by atoms with van der Waals surface area (Å²) < 4.78 is 24.3. The number of hydrogen-bond acceptors (Lipinski definition) is 4. The highest BCUT2D eigenvalue weighted by Crippen LogP contribution is 2.40. The van der Waals surface area contributed by atoms with Crippen LogP contribution in [-0.4, -0.2) is 37.6 Å². The van der Waals surface area contributed by atoms with E-state index in [9.17, 15) is 9.18 Å². The van der Waals surface area contributed by atoms with E-state index in [4.69, 9.17) is 9.47 Å². The SMILES string of the molecule is CCC(=O)NC(C)C1c2cc(OC)c(OC)cc2CCN1Cc1ccc(F)cc1. The van der Waals surface area contributed by atoms with E-state index < -0.39 is 0 Å². The summed E-state index contributed by atoms with van der Waals surface area (Å²) in [6, 6.07) is 10.5. The maximum Gasteiger partial charge on any atom is 0.219 e. The van der Waals surface area contributed by atoms with Crippen molar-refractivity contribution in [3.8, 4) is 11.5 Å². The molecule has 0 bridgehead atoms. The van der Waals surface area contributed by atoms with Crippen LogP contribution < -0.4 is 14.8 Å². The van der Waals surface area contributed by atoms with Crippen LogP contribution in [0.25, 0.3) is 0 Å².